The summed E-state index contributed by atoms with van der Waals surface area (Å²) in [6, 6.07) is 0. The smallest absolute Gasteiger partial charge is 0.181 e. The second-order valence-electron chi connectivity index (χ2n) is 4.29. The van der Waals surface area contributed by atoms with Crippen LogP contribution in [0, 0.1) is 5.92 Å². The van der Waals surface area contributed by atoms with Crippen LogP contribution in [0.25, 0.3) is 0 Å². The molecular formula is C12H22N2O3. The molecule has 0 bridgehead atoms. The van der Waals surface area contributed by atoms with Gasteiger partial charge >= 0.3 is 0 Å². The molecular weight excluding hydrogens is 220 g/mol. The van der Waals surface area contributed by atoms with E-state index in [1.54, 1.807) is 7.11 Å². The summed E-state index contributed by atoms with van der Waals surface area (Å²) in [5, 5.41) is 3.33. The number of oxazole rings is 1. The summed E-state index contributed by atoms with van der Waals surface area (Å²) in [6.45, 7) is 7.64. The fourth-order valence-corrected chi connectivity index (χ4v) is 1.34. The molecule has 0 unspecified atom stereocenters. The number of rotatable bonds is 9. The molecule has 0 spiro atoms. The molecule has 0 aromatic carbocycles. The van der Waals surface area contributed by atoms with Crippen LogP contribution in [0.4, 0.5) is 0 Å². The molecule has 1 rings (SSSR count). The molecule has 17 heavy (non-hydrogen) atoms. The van der Waals surface area contributed by atoms with Crippen molar-refractivity contribution < 1.29 is 13.9 Å². The molecule has 1 aromatic rings. The Labute approximate surface area is 103 Å². The van der Waals surface area contributed by atoms with Gasteiger partial charge in [0.25, 0.3) is 0 Å². The molecule has 0 saturated heterocycles. The Morgan fingerprint density at radius 3 is 2.94 bits per heavy atom. The van der Waals surface area contributed by atoms with Gasteiger partial charge in [0, 0.05) is 13.7 Å². The zero-order valence-electron chi connectivity index (χ0n) is 10.9. The highest BCUT2D eigenvalue weighted by Crippen LogP contribution is 2.08. The Bertz CT molecular complexity index is 300. The van der Waals surface area contributed by atoms with Gasteiger partial charge in [-0.05, 0) is 12.5 Å². The van der Waals surface area contributed by atoms with Crippen molar-refractivity contribution in [3.63, 3.8) is 0 Å². The maximum Gasteiger partial charge on any atom is 0.181 e. The maximum atomic E-state index is 5.40. The molecule has 0 aliphatic rings. The Hall–Kier alpha value is -0.910. The zero-order valence-corrected chi connectivity index (χ0v) is 10.9. The lowest BCUT2D eigenvalue weighted by Gasteiger charge is -2.06. The molecule has 0 atom stereocenters. The van der Waals surface area contributed by atoms with E-state index in [-0.39, 0.29) is 0 Å². The van der Waals surface area contributed by atoms with E-state index >= 15 is 0 Å². The Balaban J connectivity index is 2.27. The lowest BCUT2D eigenvalue weighted by molar-refractivity contribution is 0.0533. The molecule has 0 aliphatic heterocycles. The van der Waals surface area contributed by atoms with E-state index in [9.17, 15) is 0 Å². The first-order valence-corrected chi connectivity index (χ1v) is 5.92. The molecule has 5 nitrogen and oxygen atoms in total. The summed E-state index contributed by atoms with van der Waals surface area (Å²) in [6.07, 6.45) is 1.46. The average molecular weight is 242 g/mol. The monoisotopic (exact) mass is 242 g/mol. The Morgan fingerprint density at radius 2 is 2.24 bits per heavy atom. The molecule has 0 aliphatic carbocycles. The quantitative estimate of drug-likeness (QED) is 0.666. The molecule has 0 amide bonds. The van der Waals surface area contributed by atoms with Gasteiger partial charge in [0.1, 0.15) is 6.61 Å². The molecule has 0 radical (unpaired) electrons. The predicted molar refractivity (Wildman–Crippen MR) is 64.6 cm³/mol. The van der Waals surface area contributed by atoms with Gasteiger partial charge in [-0.2, -0.15) is 0 Å². The second-order valence-corrected chi connectivity index (χ2v) is 4.29. The van der Waals surface area contributed by atoms with Crippen LogP contribution in [0.3, 0.4) is 0 Å². The van der Waals surface area contributed by atoms with E-state index in [1.165, 1.54) is 6.39 Å². The standard InChI is InChI=1S/C12H22N2O3/c1-10(2)6-13-7-11-12(17-9-14-11)8-16-5-4-15-3/h9-10,13H,4-8H2,1-3H3. The van der Waals surface area contributed by atoms with Crippen LogP contribution in [-0.4, -0.2) is 31.9 Å². The van der Waals surface area contributed by atoms with Crippen molar-refractivity contribution in [1.82, 2.24) is 10.3 Å². The normalized spacial score (nSPS) is 11.3. The van der Waals surface area contributed by atoms with Gasteiger partial charge in [0.05, 0.1) is 18.9 Å². The van der Waals surface area contributed by atoms with E-state index in [4.69, 9.17) is 13.9 Å². The van der Waals surface area contributed by atoms with Crippen molar-refractivity contribution >= 4 is 0 Å². The van der Waals surface area contributed by atoms with E-state index in [2.05, 4.69) is 24.1 Å². The fourth-order valence-electron chi connectivity index (χ4n) is 1.34. The minimum Gasteiger partial charge on any atom is -0.446 e. The highest BCUT2D eigenvalue weighted by Gasteiger charge is 2.08. The highest BCUT2D eigenvalue weighted by molar-refractivity contribution is 5.05. The number of nitrogens with zero attached hydrogens (tertiary/aromatic N) is 1. The average Bonchev–Trinajstić information content (AvgIpc) is 2.72. The first kappa shape index (κ1) is 14.2. The lowest BCUT2D eigenvalue weighted by Crippen LogP contribution is -2.20. The van der Waals surface area contributed by atoms with Crippen LogP contribution < -0.4 is 5.32 Å². The van der Waals surface area contributed by atoms with Crippen LogP contribution >= 0.6 is 0 Å². The lowest BCUT2D eigenvalue weighted by atomic mass is 10.2. The highest BCUT2D eigenvalue weighted by atomic mass is 16.5. The van der Waals surface area contributed by atoms with Crippen LogP contribution in [0.15, 0.2) is 10.8 Å². The maximum absolute atomic E-state index is 5.40. The summed E-state index contributed by atoms with van der Waals surface area (Å²) in [5.74, 6) is 1.42. The third-order valence-corrected chi connectivity index (χ3v) is 2.24. The van der Waals surface area contributed by atoms with E-state index < -0.39 is 0 Å². The first-order valence-electron chi connectivity index (χ1n) is 5.92. The van der Waals surface area contributed by atoms with Crippen LogP contribution in [0.2, 0.25) is 0 Å². The second kappa shape index (κ2) is 8.22. The number of hydrogen-bond acceptors (Lipinski definition) is 5. The largest absolute Gasteiger partial charge is 0.446 e. The van der Waals surface area contributed by atoms with Crippen molar-refractivity contribution in [2.24, 2.45) is 5.92 Å². The topological polar surface area (TPSA) is 56.5 Å². The van der Waals surface area contributed by atoms with Crippen LogP contribution in [-0.2, 0) is 22.6 Å². The van der Waals surface area contributed by atoms with Gasteiger partial charge in [-0.15, -0.1) is 0 Å². The summed E-state index contributed by atoms with van der Waals surface area (Å²) in [4.78, 5) is 4.17. The minimum absolute atomic E-state index is 0.446. The number of ether oxygens (including phenoxy) is 2. The Morgan fingerprint density at radius 1 is 1.41 bits per heavy atom. The number of methoxy groups -OCH3 is 1. The number of nitrogens with one attached hydrogen (secondary N) is 1. The SMILES string of the molecule is COCCOCc1ocnc1CNCC(C)C. The van der Waals surface area contributed by atoms with Crippen molar-refractivity contribution in [2.75, 3.05) is 26.9 Å². The predicted octanol–water partition coefficient (Wildman–Crippen LogP) is 1.58. The molecule has 1 aromatic heterocycles. The van der Waals surface area contributed by atoms with Crippen LogP contribution in [0.5, 0.6) is 0 Å². The molecule has 5 heteroatoms. The molecule has 1 heterocycles. The first-order chi connectivity index (χ1) is 8.24. The van der Waals surface area contributed by atoms with Crippen molar-refractivity contribution in [2.45, 2.75) is 27.0 Å². The summed E-state index contributed by atoms with van der Waals surface area (Å²) >= 11 is 0. The van der Waals surface area contributed by atoms with Crippen LogP contribution in [0.1, 0.15) is 25.3 Å². The third-order valence-electron chi connectivity index (χ3n) is 2.24. The molecule has 0 saturated carbocycles. The number of aromatic nitrogens is 1. The summed E-state index contributed by atoms with van der Waals surface area (Å²) in [7, 11) is 1.65. The van der Waals surface area contributed by atoms with Gasteiger partial charge in [0.15, 0.2) is 12.2 Å². The van der Waals surface area contributed by atoms with Gasteiger partial charge < -0.3 is 19.2 Å². The molecule has 0 fully saturated rings. The van der Waals surface area contributed by atoms with Gasteiger partial charge in [-0.25, -0.2) is 4.98 Å². The molecule has 98 valence electrons. The third kappa shape index (κ3) is 5.81. The summed E-state index contributed by atoms with van der Waals surface area (Å²) in [5.41, 5.74) is 0.920. The van der Waals surface area contributed by atoms with Gasteiger partial charge in [0.2, 0.25) is 0 Å². The minimum atomic E-state index is 0.446. The Kier molecular flexibility index (Phi) is 6.84. The van der Waals surface area contributed by atoms with Crippen molar-refractivity contribution in [3.05, 3.63) is 17.8 Å². The van der Waals surface area contributed by atoms with Gasteiger partial charge in [-0.3, -0.25) is 0 Å². The van der Waals surface area contributed by atoms with E-state index in [0.717, 1.165) is 24.5 Å². The van der Waals surface area contributed by atoms with E-state index in [1.807, 2.05) is 0 Å². The van der Waals surface area contributed by atoms with E-state index in [0.29, 0.717) is 25.7 Å². The fraction of sp³-hybridized carbons (Fsp3) is 0.750. The zero-order chi connectivity index (χ0) is 12.5. The molecule has 1 N–H and O–H groups in total. The number of hydrogen-bond donors (Lipinski definition) is 1. The van der Waals surface area contributed by atoms with Crippen molar-refractivity contribution in [1.29, 1.82) is 0 Å². The van der Waals surface area contributed by atoms with Crippen molar-refractivity contribution in [3.8, 4) is 0 Å². The summed E-state index contributed by atoms with van der Waals surface area (Å²) < 4.78 is 15.6. The van der Waals surface area contributed by atoms with Gasteiger partial charge in [-0.1, -0.05) is 13.8 Å².